The second kappa shape index (κ2) is 7.25. The molecule has 0 aromatic heterocycles. The fourth-order valence-electron chi connectivity index (χ4n) is 1.43. The molecule has 1 amide bonds. The SMILES string of the molecule is CCCCNC(=O)COC(=O)c1ccc(N)cc1N. The van der Waals surface area contributed by atoms with Crippen LogP contribution >= 0.6 is 0 Å². The molecule has 0 saturated carbocycles. The zero-order valence-corrected chi connectivity index (χ0v) is 10.9. The van der Waals surface area contributed by atoms with Gasteiger partial charge in [0.25, 0.3) is 5.91 Å². The zero-order chi connectivity index (χ0) is 14.3. The number of anilines is 2. The number of carbonyl (C=O) groups is 2. The van der Waals surface area contributed by atoms with E-state index in [-0.39, 0.29) is 23.8 Å². The fraction of sp³-hybridized carbons (Fsp3) is 0.385. The number of hydrogen-bond acceptors (Lipinski definition) is 5. The zero-order valence-electron chi connectivity index (χ0n) is 10.9. The predicted molar refractivity (Wildman–Crippen MR) is 73.5 cm³/mol. The summed E-state index contributed by atoms with van der Waals surface area (Å²) in [5.74, 6) is -0.959. The van der Waals surface area contributed by atoms with Crippen molar-refractivity contribution >= 4 is 23.3 Å². The van der Waals surface area contributed by atoms with Gasteiger partial charge in [-0.3, -0.25) is 4.79 Å². The summed E-state index contributed by atoms with van der Waals surface area (Å²) in [5, 5.41) is 2.65. The highest BCUT2D eigenvalue weighted by Crippen LogP contribution is 2.16. The Morgan fingerprint density at radius 3 is 2.68 bits per heavy atom. The van der Waals surface area contributed by atoms with Crippen molar-refractivity contribution in [2.45, 2.75) is 19.8 Å². The van der Waals surface area contributed by atoms with Gasteiger partial charge in [-0.1, -0.05) is 13.3 Å². The first-order chi connectivity index (χ1) is 9.04. The molecular weight excluding hydrogens is 246 g/mol. The number of benzene rings is 1. The van der Waals surface area contributed by atoms with Crippen molar-refractivity contribution in [2.75, 3.05) is 24.6 Å². The van der Waals surface area contributed by atoms with E-state index in [1.807, 2.05) is 6.92 Å². The van der Waals surface area contributed by atoms with Crippen molar-refractivity contribution in [1.82, 2.24) is 5.32 Å². The molecule has 0 atom stereocenters. The van der Waals surface area contributed by atoms with Crippen LogP contribution in [0.5, 0.6) is 0 Å². The number of unbranched alkanes of at least 4 members (excludes halogenated alkanes) is 1. The Balaban J connectivity index is 2.45. The lowest BCUT2D eigenvalue weighted by atomic mass is 10.1. The first-order valence-electron chi connectivity index (χ1n) is 6.13. The minimum absolute atomic E-state index is 0.204. The molecule has 0 aliphatic rings. The topological polar surface area (TPSA) is 107 Å². The van der Waals surface area contributed by atoms with Crippen LogP contribution < -0.4 is 16.8 Å². The average Bonchev–Trinajstić information content (AvgIpc) is 2.36. The number of nitrogens with one attached hydrogen (secondary N) is 1. The first-order valence-corrected chi connectivity index (χ1v) is 6.13. The molecule has 104 valence electrons. The molecule has 0 spiro atoms. The standard InChI is InChI=1S/C13H19N3O3/c1-2-3-6-16-12(17)8-19-13(18)10-5-4-9(14)7-11(10)15/h4-5,7H,2-3,6,8,14-15H2,1H3,(H,16,17). The minimum atomic E-state index is -0.636. The molecule has 19 heavy (non-hydrogen) atoms. The molecule has 5 N–H and O–H groups in total. The van der Waals surface area contributed by atoms with E-state index in [1.54, 1.807) is 6.07 Å². The average molecular weight is 265 g/mol. The monoisotopic (exact) mass is 265 g/mol. The van der Waals surface area contributed by atoms with Crippen LogP contribution in [0.1, 0.15) is 30.1 Å². The molecule has 1 rings (SSSR count). The van der Waals surface area contributed by atoms with Gasteiger partial charge in [-0.05, 0) is 24.6 Å². The number of hydrogen-bond donors (Lipinski definition) is 3. The third-order valence-corrected chi connectivity index (χ3v) is 2.48. The molecule has 0 aliphatic carbocycles. The van der Waals surface area contributed by atoms with Gasteiger partial charge in [0.05, 0.1) is 5.56 Å². The lowest BCUT2D eigenvalue weighted by Gasteiger charge is -2.08. The van der Waals surface area contributed by atoms with Gasteiger partial charge in [-0.2, -0.15) is 0 Å². The van der Waals surface area contributed by atoms with Crippen molar-refractivity contribution in [3.63, 3.8) is 0 Å². The van der Waals surface area contributed by atoms with Crippen LogP contribution in [0.3, 0.4) is 0 Å². The van der Waals surface area contributed by atoms with E-state index >= 15 is 0 Å². The van der Waals surface area contributed by atoms with Gasteiger partial charge in [0.1, 0.15) is 0 Å². The summed E-state index contributed by atoms with van der Waals surface area (Å²) in [6.07, 6.45) is 1.88. The first kappa shape index (κ1) is 14.8. The van der Waals surface area contributed by atoms with Crippen LogP contribution in [0.15, 0.2) is 18.2 Å². The van der Waals surface area contributed by atoms with E-state index in [0.717, 1.165) is 12.8 Å². The predicted octanol–water partition coefficient (Wildman–Crippen LogP) is 0.924. The van der Waals surface area contributed by atoms with Gasteiger partial charge < -0.3 is 21.5 Å². The summed E-state index contributed by atoms with van der Waals surface area (Å²) < 4.78 is 4.87. The molecule has 1 aromatic rings. The Morgan fingerprint density at radius 1 is 1.32 bits per heavy atom. The summed E-state index contributed by atoms with van der Waals surface area (Å²) in [6, 6.07) is 4.49. The third-order valence-electron chi connectivity index (χ3n) is 2.48. The molecule has 6 nitrogen and oxygen atoms in total. The van der Waals surface area contributed by atoms with Crippen molar-refractivity contribution in [1.29, 1.82) is 0 Å². The second-order valence-corrected chi connectivity index (χ2v) is 4.13. The van der Waals surface area contributed by atoms with Gasteiger partial charge in [-0.15, -0.1) is 0 Å². The number of nitrogens with two attached hydrogens (primary N) is 2. The molecular formula is C13H19N3O3. The van der Waals surface area contributed by atoms with E-state index in [4.69, 9.17) is 16.2 Å². The molecule has 0 radical (unpaired) electrons. The van der Waals surface area contributed by atoms with Gasteiger partial charge in [0.2, 0.25) is 0 Å². The maximum absolute atomic E-state index is 11.7. The number of ether oxygens (including phenoxy) is 1. The van der Waals surface area contributed by atoms with Crippen molar-refractivity contribution in [3.8, 4) is 0 Å². The van der Waals surface area contributed by atoms with E-state index in [9.17, 15) is 9.59 Å². The van der Waals surface area contributed by atoms with Crippen LogP contribution in [-0.2, 0) is 9.53 Å². The molecule has 0 unspecified atom stereocenters. The number of esters is 1. The summed E-state index contributed by atoms with van der Waals surface area (Å²) in [5.41, 5.74) is 12.1. The smallest absolute Gasteiger partial charge is 0.340 e. The van der Waals surface area contributed by atoms with Crippen LogP contribution in [-0.4, -0.2) is 25.0 Å². The molecule has 6 heteroatoms. The highest BCUT2D eigenvalue weighted by molar-refractivity contribution is 5.96. The largest absolute Gasteiger partial charge is 0.452 e. The van der Waals surface area contributed by atoms with E-state index in [0.29, 0.717) is 12.2 Å². The lowest BCUT2D eigenvalue weighted by Crippen LogP contribution is -2.29. The molecule has 0 bridgehead atoms. The van der Waals surface area contributed by atoms with Gasteiger partial charge >= 0.3 is 5.97 Å². The number of amides is 1. The van der Waals surface area contributed by atoms with Crippen molar-refractivity contribution < 1.29 is 14.3 Å². The summed E-state index contributed by atoms with van der Waals surface area (Å²) in [6.45, 7) is 2.29. The van der Waals surface area contributed by atoms with Gasteiger partial charge in [0, 0.05) is 17.9 Å². The van der Waals surface area contributed by atoms with E-state index < -0.39 is 5.97 Å². The van der Waals surface area contributed by atoms with E-state index in [2.05, 4.69) is 5.32 Å². The Hall–Kier alpha value is -2.24. The molecule has 0 saturated heterocycles. The molecule has 0 aliphatic heterocycles. The number of nitrogen functional groups attached to an aromatic ring is 2. The van der Waals surface area contributed by atoms with Crippen molar-refractivity contribution in [3.05, 3.63) is 23.8 Å². The molecule has 1 aromatic carbocycles. The minimum Gasteiger partial charge on any atom is -0.452 e. The maximum atomic E-state index is 11.7. The van der Waals surface area contributed by atoms with Crippen LogP contribution in [0.2, 0.25) is 0 Å². The van der Waals surface area contributed by atoms with Crippen LogP contribution in [0.25, 0.3) is 0 Å². The Labute approximate surface area is 112 Å². The van der Waals surface area contributed by atoms with Gasteiger partial charge in [-0.25, -0.2) is 4.79 Å². The number of rotatable bonds is 6. The van der Waals surface area contributed by atoms with Crippen molar-refractivity contribution in [2.24, 2.45) is 0 Å². The lowest BCUT2D eigenvalue weighted by molar-refractivity contribution is -0.124. The summed E-state index contributed by atoms with van der Waals surface area (Å²) in [7, 11) is 0. The molecule has 0 heterocycles. The molecule has 0 fully saturated rings. The fourth-order valence-corrected chi connectivity index (χ4v) is 1.43. The maximum Gasteiger partial charge on any atom is 0.340 e. The Morgan fingerprint density at radius 2 is 2.05 bits per heavy atom. The highest BCUT2D eigenvalue weighted by Gasteiger charge is 2.13. The van der Waals surface area contributed by atoms with Crippen LogP contribution in [0, 0.1) is 0 Å². The quantitative estimate of drug-likeness (QED) is 0.403. The summed E-state index contributed by atoms with van der Waals surface area (Å²) >= 11 is 0. The normalized spacial score (nSPS) is 9.95. The number of carbonyl (C=O) groups excluding carboxylic acids is 2. The third kappa shape index (κ3) is 4.87. The Kier molecular flexibility index (Phi) is 5.66. The summed E-state index contributed by atoms with van der Waals surface area (Å²) in [4.78, 5) is 23.0. The van der Waals surface area contributed by atoms with Gasteiger partial charge in [0.15, 0.2) is 6.61 Å². The highest BCUT2D eigenvalue weighted by atomic mass is 16.5. The second-order valence-electron chi connectivity index (χ2n) is 4.13. The van der Waals surface area contributed by atoms with E-state index in [1.165, 1.54) is 12.1 Å². The Bertz CT molecular complexity index is 460. The van der Waals surface area contributed by atoms with Crippen LogP contribution in [0.4, 0.5) is 11.4 Å².